The zero-order valence-corrected chi connectivity index (χ0v) is 10.1. The molecule has 0 amide bonds. The molecular weight excluding hydrogens is 281 g/mol. The number of aryl methyl sites for hydroxylation is 1. The molecule has 3 nitrogen and oxygen atoms in total. The molecule has 0 fully saturated rings. The maximum absolute atomic E-state index is 11.4. The van der Waals surface area contributed by atoms with Crippen molar-refractivity contribution in [2.24, 2.45) is 7.05 Å². The maximum atomic E-state index is 11.4. The van der Waals surface area contributed by atoms with Crippen LogP contribution in [0.25, 0.3) is 10.9 Å². The molecule has 2 aromatic rings. The van der Waals surface area contributed by atoms with E-state index in [0.29, 0.717) is 15.9 Å². The van der Waals surface area contributed by atoms with E-state index in [-0.39, 0.29) is 5.75 Å². The maximum Gasteiger partial charge on any atom is 0.292 e. The van der Waals surface area contributed by atoms with Crippen LogP contribution in [0.4, 0.5) is 0 Å². The fourth-order valence-electron chi connectivity index (χ4n) is 1.47. The van der Waals surface area contributed by atoms with Crippen molar-refractivity contribution in [3.05, 3.63) is 38.0 Å². The number of hydrogen-bond donors (Lipinski definition) is 1. The third kappa shape index (κ3) is 1.54. The summed E-state index contributed by atoms with van der Waals surface area (Å²) in [7, 11) is 1.59. The van der Waals surface area contributed by atoms with E-state index in [1.807, 2.05) is 0 Å². The first-order valence-corrected chi connectivity index (χ1v) is 5.36. The highest BCUT2D eigenvalue weighted by atomic mass is 79.9. The highest BCUT2D eigenvalue weighted by Crippen LogP contribution is 2.31. The van der Waals surface area contributed by atoms with Gasteiger partial charge in [0, 0.05) is 16.9 Å². The Hall–Kier alpha value is -1.000. The first-order chi connectivity index (χ1) is 7.02. The van der Waals surface area contributed by atoms with Gasteiger partial charge in [0.05, 0.1) is 10.5 Å². The third-order valence-electron chi connectivity index (χ3n) is 2.28. The lowest BCUT2D eigenvalue weighted by Crippen LogP contribution is -2.16. The Bertz CT molecular complexity index is 606. The van der Waals surface area contributed by atoms with Crippen molar-refractivity contribution in [1.82, 2.24) is 4.57 Å². The Morgan fingerprint density at radius 3 is 2.80 bits per heavy atom. The van der Waals surface area contributed by atoms with Crippen molar-refractivity contribution in [2.45, 2.75) is 0 Å². The standard InChI is InChI=1S/C10H7BrClNO2/c1-13-7-3-2-6(11)9(12)5(7)4-8(14)10(13)15/h2-4,14H,1H3. The fraction of sp³-hybridized carbons (Fsp3) is 0.100. The Kier molecular flexibility index (Phi) is 2.48. The van der Waals surface area contributed by atoms with Crippen LogP contribution in [0, 0.1) is 0 Å². The topological polar surface area (TPSA) is 42.2 Å². The molecule has 1 heterocycles. The van der Waals surface area contributed by atoms with Gasteiger partial charge in [0.25, 0.3) is 5.56 Å². The third-order valence-corrected chi connectivity index (χ3v) is 3.57. The molecule has 0 saturated carbocycles. The molecule has 0 atom stereocenters. The van der Waals surface area contributed by atoms with Crippen LogP contribution in [0.3, 0.4) is 0 Å². The lowest BCUT2D eigenvalue weighted by atomic mass is 10.2. The summed E-state index contributed by atoms with van der Waals surface area (Å²) in [4.78, 5) is 11.4. The smallest absolute Gasteiger partial charge is 0.292 e. The molecule has 0 radical (unpaired) electrons. The Balaban J connectivity index is 3.05. The van der Waals surface area contributed by atoms with Crippen LogP contribution in [-0.2, 0) is 7.05 Å². The normalized spacial score (nSPS) is 10.9. The van der Waals surface area contributed by atoms with Crippen LogP contribution in [0.1, 0.15) is 0 Å². The number of nitrogens with zero attached hydrogens (tertiary/aromatic N) is 1. The van der Waals surface area contributed by atoms with E-state index >= 15 is 0 Å². The van der Waals surface area contributed by atoms with Gasteiger partial charge in [-0.05, 0) is 34.1 Å². The van der Waals surface area contributed by atoms with Gasteiger partial charge in [-0.3, -0.25) is 4.79 Å². The molecule has 0 bridgehead atoms. The number of benzene rings is 1. The zero-order chi connectivity index (χ0) is 11.2. The molecule has 15 heavy (non-hydrogen) atoms. The Labute approximate surface area is 99.0 Å². The molecule has 78 valence electrons. The minimum Gasteiger partial charge on any atom is -0.503 e. The van der Waals surface area contributed by atoms with Crippen molar-refractivity contribution in [3.63, 3.8) is 0 Å². The molecule has 5 heteroatoms. The van der Waals surface area contributed by atoms with Crippen LogP contribution in [-0.4, -0.2) is 9.67 Å². The number of halogens is 2. The molecule has 1 aromatic carbocycles. The first kappa shape index (κ1) is 10.5. The van der Waals surface area contributed by atoms with Gasteiger partial charge < -0.3 is 9.67 Å². The van der Waals surface area contributed by atoms with Gasteiger partial charge >= 0.3 is 0 Å². The van der Waals surface area contributed by atoms with Crippen molar-refractivity contribution in [1.29, 1.82) is 0 Å². The van der Waals surface area contributed by atoms with E-state index in [0.717, 1.165) is 4.47 Å². The summed E-state index contributed by atoms with van der Waals surface area (Å²) in [5, 5.41) is 10.5. The lowest BCUT2D eigenvalue weighted by molar-refractivity contribution is 0.463. The summed E-state index contributed by atoms with van der Waals surface area (Å²) in [6.45, 7) is 0. The van der Waals surface area contributed by atoms with E-state index in [1.54, 1.807) is 19.2 Å². The molecule has 0 aliphatic carbocycles. The van der Waals surface area contributed by atoms with E-state index in [1.165, 1.54) is 10.6 Å². The molecular formula is C10H7BrClNO2. The number of fused-ring (bicyclic) bond motifs is 1. The van der Waals surface area contributed by atoms with Crippen molar-refractivity contribution in [3.8, 4) is 5.75 Å². The highest BCUT2D eigenvalue weighted by Gasteiger charge is 2.09. The van der Waals surface area contributed by atoms with Gasteiger partial charge in [-0.15, -0.1) is 0 Å². The van der Waals surface area contributed by atoms with Crippen molar-refractivity contribution in [2.75, 3.05) is 0 Å². The van der Waals surface area contributed by atoms with Crippen molar-refractivity contribution < 1.29 is 5.11 Å². The van der Waals surface area contributed by atoms with Gasteiger partial charge in [-0.2, -0.15) is 0 Å². The number of rotatable bonds is 0. The summed E-state index contributed by atoms with van der Waals surface area (Å²) >= 11 is 9.33. The highest BCUT2D eigenvalue weighted by molar-refractivity contribution is 9.10. The second kappa shape index (κ2) is 3.54. The van der Waals surface area contributed by atoms with Gasteiger partial charge in [-0.1, -0.05) is 11.6 Å². The number of aromatic nitrogens is 1. The van der Waals surface area contributed by atoms with Gasteiger partial charge in [-0.25, -0.2) is 0 Å². The summed E-state index contributed by atoms with van der Waals surface area (Å²) in [6.07, 6.45) is 0. The summed E-state index contributed by atoms with van der Waals surface area (Å²) < 4.78 is 2.10. The lowest BCUT2D eigenvalue weighted by Gasteiger charge is -2.07. The molecule has 0 aliphatic rings. The molecule has 1 N–H and O–H groups in total. The largest absolute Gasteiger partial charge is 0.503 e. The average molecular weight is 289 g/mol. The summed E-state index contributed by atoms with van der Waals surface area (Å²) in [5.74, 6) is -0.301. The van der Waals surface area contributed by atoms with E-state index < -0.39 is 5.56 Å². The van der Waals surface area contributed by atoms with Gasteiger partial charge in [0.15, 0.2) is 5.75 Å². The molecule has 0 spiro atoms. The predicted molar refractivity (Wildman–Crippen MR) is 63.6 cm³/mol. The van der Waals surface area contributed by atoms with Crippen molar-refractivity contribution >= 4 is 38.4 Å². The molecule has 0 saturated heterocycles. The second-order valence-corrected chi connectivity index (χ2v) is 4.42. The minimum absolute atomic E-state index is 0.301. The number of aromatic hydroxyl groups is 1. The second-order valence-electron chi connectivity index (χ2n) is 3.19. The van der Waals surface area contributed by atoms with Gasteiger partial charge in [0.2, 0.25) is 0 Å². The van der Waals surface area contributed by atoms with Crippen LogP contribution in [0.2, 0.25) is 5.02 Å². The predicted octanol–water partition coefficient (Wildman–Crippen LogP) is 2.66. The Morgan fingerprint density at radius 2 is 2.13 bits per heavy atom. The van der Waals surface area contributed by atoms with Crippen LogP contribution in [0.5, 0.6) is 5.75 Å². The average Bonchev–Trinajstić information content (AvgIpc) is 2.21. The summed E-state index contributed by atoms with van der Waals surface area (Å²) in [6, 6.07) is 4.91. The quantitative estimate of drug-likeness (QED) is 0.810. The van der Waals surface area contributed by atoms with E-state index in [2.05, 4.69) is 15.9 Å². The number of hydrogen-bond acceptors (Lipinski definition) is 2. The van der Waals surface area contributed by atoms with Crippen LogP contribution < -0.4 is 5.56 Å². The minimum atomic E-state index is -0.430. The summed E-state index contributed by atoms with van der Waals surface area (Å²) in [5.41, 5.74) is 0.256. The molecule has 2 rings (SSSR count). The SMILES string of the molecule is Cn1c(=O)c(O)cc2c(Cl)c(Br)ccc21. The van der Waals surface area contributed by atoms with Crippen LogP contribution >= 0.6 is 27.5 Å². The fourth-order valence-corrected chi connectivity index (χ4v) is 2.03. The van der Waals surface area contributed by atoms with E-state index in [4.69, 9.17) is 11.6 Å². The molecule has 0 unspecified atom stereocenters. The first-order valence-electron chi connectivity index (χ1n) is 4.19. The zero-order valence-electron chi connectivity index (χ0n) is 7.79. The monoisotopic (exact) mass is 287 g/mol. The van der Waals surface area contributed by atoms with E-state index in [9.17, 15) is 9.90 Å². The van der Waals surface area contributed by atoms with Crippen LogP contribution in [0.15, 0.2) is 27.5 Å². The molecule has 1 aromatic heterocycles. The number of pyridine rings is 1. The van der Waals surface area contributed by atoms with Gasteiger partial charge in [0.1, 0.15) is 0 Å². The Morgan fingerprint density at radius 1 is 1.47 bits per heavy atom. The molecule has 0 aliphatic heterocycles.